The smallest absolute Gasteiger partial charge is 0.406 e. The average molecular weight is 535 g/mol. The average Bonchev–Trinajstić information content (AvgIpc) is 3.49. The second-order valence-corrected chi connectivity index (χ2v) is 10.6. The zero-order valence-corrected chi connectivity index (χ0v) is 20.9. The summed E-state index contributed by atoms with van der Waals surface area (Å²) in [5.41, 5.74) is 2.87. The van der Waals surface area contributed by atoms with Crippen molar-refractivity contribution in [1.82, 2.24) is 9.88 Å². The van der Waals surface area contributed by atoms with Crippen LogP contribution in [0.3, 0.4) is 0 Å². The molecule has 2 aliphatic heterocycles. The number of nitrogens with zero attached hydrogens (tertiary/aromatic N) is 3. The van der Waals surface area contributed by atoms with Gasteiger partial charge in [0.25, 0.3) is 0 Å². The number of benzene rings is 1. The number of pyridine rings is 1. The predicted octanol–water partition coefficient (Wildman–Crippen LogP) is 6.32. The van der Waals surface area contributed by atoms with Gasteiger partial charge in [0.05, 0.1) is 22.3 Å². The lowest BCUT2D eigenvalue weighted by Gasteiger charge is -2.32. The minimum Gasteiger partial charge on any atom is -0.406 e. The molecule has 1 aromatic carbocycles. The number of piperidine rings is 1. The lowest BCUT2D eigenvalue weighted by Crippen LogP contribution is -2.33. The fourth-order valence-corrected chi connectivity index (χ4v) is 5.78. The van der Waals surface area contributed by atoms with Crippen LogP contribution in [0.1, 0.15) is 39.2 Å². The van der Waals surface area contributed by atoms with Crippen molar-refractivity contribution in [3.63, 3.8) is 0 Å². The van der Waals surface area contributed by atoms with E-state index in [0.717, 1.165) is 36.8 Å². The van der Waals surface area contributed by atoms with Crippen molar-refractivity contribution in [3.8, 4) is 5.75 Å². The Balaban J connectivity index is 0.00000320. The number of anilines is 2. The number of alkyl halides is 3. The van der Waals surface area contributed by atoms with E-state index in [0.29, 0.717) is 18.7 Å². The molecule has 1 N–H and O–H groups in total. The summed E-state index contributed by atoms with van der Waals surface area (Å²) in [6.07, 6.45) is -1.41. The molecule has 5 rings (SSSR count). The minimum atomic E-state index is -4.73. The molecular formula is C27H33F3N4O2S. The van der Waals surface area contributed by atoms with E-state index in [1.807, 2.05) is 0 Å². The minimum absolute atomic E-state index is 0. The third-order valence-electron chi connectivity index (χ3n) is 6.92. The normalized spacial score (nSPS) is 18.6. The summed E-state index contributed by atoms with van der Waals surface area (Å²) < 4.78 is 42.1. The van der Waals surface area contributed by atoms with Gasteiger partial charge in [0.15, 0.2) is 0 Å². The Labute approximate surface area is 219 Å². The van der Waals surface area contributed by atoms with Crippen LogP contribution in [0.2, 0.25) is 0 Å². The number of halogens is 3. The second kappa shape index (κ2) is 11.2. The van der Waals surface area contributed by atoms with Gasteiger partial charge >= 0.3 is 6.36 Å². The summed E-state index contributed by atoms with van der Waals surface area (Å²) in [4.78, 5) is 21.9. The van der Waals surface area contributed by atoms with Crippen LogP contribution in [0.5, 0.6) is 5.75 Å². The maximum Gasteiger partial charge on any atom is 0.573 e. The number of aromatic nitrogens is 1. The highest BCUT2D eigenvalue weighted by molar-refractivity contribution is 7.17. The van der Waals surface area contributed by atoms with Crippen LogP contribution >= 0.6 is 11.3 Å². The Bertz CT molecular complexity index is 1210. The summed E-state index contributed by atoms with van der Waals surface area (Å²) in [6.45, 7) is 5.60. The maximum absolute atomic E-state index is 12.8. The van der Waals surface area contributed by atoms with E-state index in [2.05, 4.69) is 39.4 Å². The molecule has 2 saturated heterocycles. The first kappa shape index (κ1) is 27.0. The van der Waals surface area contributed by atoms with Crippen molar-refractivity contribution in [2.45, 2.75) is 52.4 Å². The molecule has 0 bridgehead atoms. The molecule has 1 atom stereocenters. The van der Waals surface area contributed by atoms with Crippen LogP contribution in [0.25, 0.3) is 10.2 Å². The molecule has 6 nitrogen and oxygen atoms in total. The van der Waals surface area contributed by atoms with E-state index in [4.69, 9.17) is 4.98 Å². The lowest BCUT2D eigenvalue weighted by molar-refractivity contribution is -0.274. The highest BCUT2D eigenvalue weighted by Gasteiger charge is 2.31. The molecule has 0 saturated carbocycles. The fourth-order valence-electron chi connectivity index (χ4n) is 4.91. The Morgan fingerprint density at radius 2 is 1.86 bits per heavy atom. The van der Waals surface area contributed by atoms with Crippen LogP contribution in [-0.4, -0.2) is 54.4 Å². The van der Waals surface area contributed by atoms with Crippen molar-refractivity contribution >= 4 is 39.0 Å². The number of thiophene rings is 1. The molecule has 2 fully saturated rings. The van der Waals surface area contributed by atoms with E-state index in [1.54, 1.807) is 16.2 Å². The van der Waals surface area contributed by atoms with Gasteiger partial charge in [-0.2, -0.15) is 0 Å². The van der Waals surface area contributed by atoms with Gasteiger partial charge in [-0.3, -0.25) is 4.79 Å². The number of rotatable bonds is 6. The van der Waals surface area contributed by atoms with Crippen LogP contribution in [0.4, 0.5) is 24.7 Å². The molecule has 2 aliphatic rings. The fraction of sp³-hybridized carbons (Fsp3) is 0.481. The summed E-state index contributed by atoms with van der Waals surface area (Å²) in [5.74, 6) is 1.24. The maximum atomic E-state index is 12.8. The number of ether oxygens (including phenoxy) is 1. The summed E-state index contributed by atoms with van der Waals surface area (Å²) in [7, 11) is 0. The summed E-state index contributed by atoms with van der Waals surface area (Å²) >= 11 is 1.72. The molecule has 200 valence electrons. The van der Waals surface area contributed by atoms with Crippen molar-refractivity contribution < 1.29 is 22.7 Å². The Morgan fingerprint density at radius 1 is 1.14 bits per heavy atom. The van der Waals surface area contributed by atoms with E-state index < -0.39 is 6.36 Å². The first-order valence-corrected chi connectivity index (χ1v) is 13.1. The molecule has 37 heavy (non-hydrogen) atoms. The Morgan fingerprint density at radius 3 is 2.57 bits per heavy atom. The van der Waals surface area contributed by atoms with E-state index in [9.17, 15) is 18.0 Å². The highest BCUT2D eigenvalue weighted by Crippen LogP contribution is 2.35. The van der Waals surface area contributed by atoms with Gasteiger partial charge in [0, 0.05) is 38.3 Å². The Kier molecular flexibility index (Phi) is 8.16. The van der Waals surface area contributed by atoms with Crippen molar-refractivity contribution in [2.24, 2.45) is 5.92 Å². The lowest BCUT2D eigenvalue weighted by atomic mass is 9.99. The molecule has 4 heterocycles. The summed E-state index contributed by atoms with van der Waals surface area (Å²) in [5, 5.41) is 5.62. The topological polar surface area (TPSA) is 57.7 Å². The van der Waals surface area contributed by atoms with E-state index in [-0.39, 0.29) is 31.5 Å². The second-order valence-electron chi connectivity index (χ2n) is 9.67. The van der Waals surface area contributed by atoms with Crippen molar-refractivity contribution in [2.75, 3.05) is 36.4 Å². The number of carbonyl (C=O) groups excluding carboxylic acids is 1. The van der Waals surface area contributed by atoms with Crippen LogP contribution < -0.4 is 15.0 Å². The zero-order chi connectivity index (χ0) is 25.3. The van der Waals surface area contributed by atoms with Gasteiger partial charge in [-0.15, -0.1) is 24.5 Å². The van der Waals surface area contributed by atoms with Gasteiger partial charge < -0.3 is 19.9 Å². The monoisotopic (exact) mass is 534 g/mol. The van der Waals surface area contributed by atoms with Gasteiger partial charge in [-0.05, 0) is 54.3 Å². The standard InChI is InChI=1S/C26H29F3N4O2S.CH4/c1-17-6-10-32(11-7-17)22-15-23(31-21-9-13-36-25(21)22)30-19-8-12-33(16-19)24(34)14-18-2-4-20(5-3-18)35-26(27,28)29;/h2-5,9,13,15,17,19H,6-8,10-12,14,16H2,1H3,(H,30,31);1H4. The van der Waals surface area contributed by atoms with Crippen LogP contribution in [0, 0.1) is 5.92 Å². The highest BCUT2D eigenvalue weighted by atomic mass is 32.1. The molecule has 10 heteroatoms. The molecular weight excluding hydrogens is 501 g/mol. The van der Waals surface area contributed by atoms with Gasteiger partial charge in [0.2, 0.25) is 5.91 Å². The largest absolute Gasteiger partial charge is 0.573 e. The first-order chi connectivity index (χ1) is 17.2. The number of hydrogen-bond acceptors (Lipinski definition) is 6. The van der Waals surface area contributed by atoms with Gasteiger partial charge in [0.1, 0.15) is 11.6 Å². The number of nitrogens with one attached hydrogen (secondary N) is 1. The molecule has 0 aliphatic carbocycles. The molecule has 1 unspecified atom stereocenters. The van der Waals surface area contributed by atoms with E-state index in [1.165, 1.54) is 47.5 Å². The number of carbonyl (C=O) groups is 1. The molecule has 0 spiro atoms. The van der Waals surface area contributed by atoms with Gasteiger partial charge in [-0.25, -0.2) is 4.98 Å². The first-order valence-electron chi connectivity index (χ1n) is 12.3. The van der Waals surface area contributed by atoms with Crippen molar-refractivity contribution in [3.05, 3.63) is 47.3 Å². The molecule has 1 amide bonds. The third kappa shape index (κ3) is 6.66. The Hall–Kier alpha value is -3.01. The van der Waals surface area contributed by atoms with Crippen LogP contribution in [-0.2, 0) is 11.2 Å². The third-order valence-corrected chi connectivity index (χ3v) is 7.85. The molecule has 2 aromatic heterocycles. The van der Waals surface area contributed by atoms with E-state index >= 15 is 0 Å². The summed E-state index contributed by atoms with van der Waals surface area (Å²) in [6, 6.07) is 9.74. The zero-order valence-electron chi connectivity index (χ0n) is 20.1. The number of amides is 1. The van der Waals surface area contributed by atoms with Gasteiger partial charge in [-0.1, -0.05) is 26.5 Å². The van der Waals surface area contributed by atoms with Crippen molar-refractivity contribution in [1.29, 1.82) is 0 Å². The molecule has 3 aromatic rings. The predicted molar refractivity (Wildman–Crippen MR) is 142 cm³/mol. The number of fused-ring (bicyclic) bond motifs is 1. The van der Waals surface area contributed by atoms with Crippen LogP contribution in [0.15, 0.2) is 41.8 Å². The number of likely N-dealkylation sites (tertiary alicyclic amines) is 1. The molecule has 0 radical (unpaired) electrons. The quantitative estimate of drug-likeness (QED) is 0.401. The number of hydrogen-bond donors (Lipinski definition) is 1. The SMILES string of the molecule is C.CC1CCN(c2cc(NC3CCN(C(=O)Cc4ccc(OC(F)(F)F)cc4)C3)nc3ccsc23)CC1.